The van der Waals surface area contributed by atoms with Gasteiger partial charge in [0.1, 0.15) is 0 Å². The summed E-state index contributed by atoms with van der Waals surface area (Å²) in [6.45, 7) is 2.21. The first-order chi connectivity index (χ1) is 4.63. The minimum absolute atomic E-state index is 1.06. The second-order valence-electron chi connectivity index (χ2n) is 2.96. The molecule has 0 fully saturated rings. The van der Waals surface area contributed by atoms with Crippen molar-refractivity contribution in [1.82, 2.24) is 15.3 Å². The van der Waals surface area contributed by atoms with Crippen molar-refractivity contribution in [3.8, 4) is 0 Å². The maximum atomic E-state index is 3.21. The molecule has 0 rings (SSSR count). The van der Waals surface area contributed by atoms with E-state index in [1.54, 1.807) is 0 Å². The molecule has 0 saturated heterocycles. The highest BCUT2D eigenvalue weighted by molar-refractivity contribution is 4.45. The second kappa shape index (κ2) is 5.65. The predicted molar refractivity (Wildman–Crippen MR) is 44.9 cm³/mol. The van der Waals surface area contributed by atoms with Crippen molar-refractivity contribution in [2.45, 2.75) is 6.42 Å². The molecule has 3 nitrogen and oxygen atoms in total. The molecule has 0 unspecified atom stereocenters. The maximum Gasteiger partial charge on any atom is 0.0114 e. The first kappa shape index (κ1) is 9.88. The molecule has 3 heteroatoms. The van der Waals surface area contributed by atoms with Crippen molar-refractivity contribution in [3.63, 3.8) is 0 Å². The zero-order valence-corrected chi connectivity index (χ0v) is 7.52. The van der Waals surface area contributed by atoms with Gasteiger partial charge < -0.3 is 4.90 Å². The summed E-state index contributed by atoms with van der Waals surface area (Å²) in [7, 11) is 8.20. The van der Waals surface area contributed by atoms with Gasteiger partial charge in [-0.2, -0.15) is 0 Å². The van der Waals surface area contributed by atoms with Crippen LogP contribution in [0.4, 0.5) is 0 Å². The lowest BCUT2D eigenvalue weighted by Crippen LogP contribution is -2.32. The molecule has 0 atom stereocenters. The monoisotopic (exact) mass is 145 g/mol. The largest absolute Gasteiger partial charge is 0.309 e. The van der Waals surface area contributed by atoms with E-state index in [1.807, 2.05) is 19.1 Å². The van der Waals surface area contributed by atoms with Crippen molar-refractivity contribution < 1.29 is 0 Å². The Labute approximate surface area is 64.0 Å². The molecule has 0 radical (unpaired) electrons. The van der Waals surface area contributed by atoms with Crippen LogP contribution in [0.15, 0.2) is 0 Å². The number of nitrogens with zero attached hydrogens (tertiary/aromatic N) is 2. The van der Waals surface area contributed by atoms with Crippen molar-refractivity contribution in [1.29, 1.82) is 0 Å². The molecule has 0 aliphatic carbocycles. The summed E-state index contributed by atoms with van der Waals surface area (Å²) in [5, 5.41) is 1.98. The van der Waals surface area contributed by atoms with Crippen LogP contribution in [0.3, 0.4) is 0 Å². The molecule has 0 aliphatic rings. The quantitative estimate of drug-likeness (QED) is 0.434. The molecule has 0 aromatic carbocycles. The summed E-state index contributed by atoms with van der Waals surface area (Å²) in [4.78, 5) is 2.19. The van der Waals surface area contributed by atoms with Crippen molar-refractivity contribution in [3.05, 3.63) is 0 Å². The van der Waals surface area contributed by atoms with Crippen LogP contribution in [-0.4, -0.2) is 51.2 Å². The van der Waals surface area contributed by atoms with Crippen LogP contribution in [0, 0.1) is 0 Å². The number of hydrogen-bond donors (Lipinski definition) is 1. The molecular weight excluding hydrogens is 126 g/mol. The highest BCUT2D eigenvalue weighted by Crippen LogP contribution is 1.80. The Balaban J connectivity index is 2.91. The van der Waals surface area contributed by atoms with Gasteiger partial charge in [0.25, 0.3) is 0 Å². The average molecular weight is 145 g/mol. The number of rotatable bonds is 5. The van der Waals surface area contributed by atoms with E-state index in [2.05, 4.69) is 24.4 Å². The highest BCUT2D eigenvalue weighted by atomic mass is 15.5. The molecule has 0 aliphatic heterocycles. The molecule has 0 aromatic heterocycles. The standard InChI is InChI=1S/C7H19N3/c1-9(2)7-5-6-8-10(3)4/h8H,5-7H2,1-4H3. The molecule has 1 N–H and O–H groups in total. The molecule has 0 heterocycles. The molecule has 10 heavy (non-hydrogen) atoms. The van der Waals surface area contributed by atoms with Crippen LogP contribution < -0.4 is 5.43 Å². The molecule has 0 spiro atoms. The van der Waals surface area contributed by atoms with Crippen LogP contribution in [0.5, 0.6) is 0 Å². The SMILES string of the molecule is CN(C)CCCNN(C)C. The van der Waals surface area contributed by atoms with E-state index in [1.165, 1.54) is 6.42 Å². The van der Waals surface area contributed by atoms with E-state index < -0.39 is 0 Å². The summed E-state index contributed by atoms with van der Waals surface area (Å²) in [5.41, 5.74) is 3.21. The van der Waals surface area contributed by atoms with Gasteiger partial charge in [0.05, 0.1) is 0 Å². The Morgan fingerprint density at radius 1 is 1.10 bits per heavy atom. The average Bonchev–Trinajstić information content (AvgIpc) is 1.79. The molecule has 0 saturated carbocycles. The summed E-state index contributed by atoms with van der Waals surface area (Å²) in [6.07, 6.45) is 1.20. The first-order valence-electron chi connectivity index (χ1n) is 3.68. The van der Waals surface area contributed by atoms with Crippen molar-refractivity contribution in [2.24, 2.45) is 0 Å². The third kappa shape index (κ3) is 7.88. The molecule has 0 bridgehead atoms. The fraction of sp³-hybridized carbons (Fsp3) is 1.00. The van der Waals surface area contributed by atoms with Crippen LogP contribution in [-0.2, 0) is 0 Å². The van der Waals surface area contributed by atoms with E-state index >= 15 is 0 Å². The number of hydrazine groups is 1. The third-order valence-electron chi connectivity index (χ3n) is 1.21. The van der Waals surface area contributed by atoms with Crippen LogP contribution in [0.25, 0.3) is 0 Å². The smallest absolute Gasteiger partial charge is 0.0114 e. The van der Waals surface area contributed by atoms with Crippen molar-refractivity contribution in [2.75, 3.05) is 41.3 Å². The van der Waals surface area contributed by atoms with Gasteiger partial charge in [0.2, 0.25) is 0 Å². The Hall–Kier alpha value is -0.120. The van der Waals surface area contributed by atoms with Gasteiger partial charge in [-0.3, -0.25) is 10.4 Å². The molecule has 0 aromatic rings. The lowest BCUT2D eigenvalue weighted by molar-refractivity contribution is 0.277. The Bertz CT molecular complexity index is 61.3. The van der Waals surface area contributed by atoms with Gasteiger partial charge in [-0.1, -0.05) is 0 Å². The lowest BCUT2D eigenvalue weighted by atomic mass is 10.4. The van der Waals surface area contributed by atoms with Gasteiger partial charge in [-0.25, -0.2) is 0 Å². The van der Waals surface area contributed by atoms with Gasteiger partial charge in [0, 0.05) is 20.6 Å². The lowest BCUT2D eigenvalue weighted by Gasteiger charge is -2.13. The van der Waals surface area contributed by atoms with Gasteiger partial charge >= 0.3 is 0 Å². The molecule has 0 amide bonds. The van der Waals surface area contributed by atoms with Gasteiger partial charge in [-0.05, 0) is 27.1 Å². The minimum atomic E-state index is 1.06. The normalized spacial score (nSPS) is 11.4. The Kier molecular flexibility index (Phi) is 5.58. The molecular formula is C7H19N3. The van der Waals surface area contributed by atoms with E-state index in [9.17, 15) is 0 Å². The highest BCUT2D eigenvalue weighted by Gasteiger charge is 1.90. The van der Waals surface area contributed by atoms with Crippen LogP contribution in [0.1, 0.15) is 6.42 Å². The zero-order valence-electron chi connectivity index (χ0n) is 7.52. The fourth-order valence-corrected chi connectivity index (χ4v) is 0.698. The van der Waals surface area contributed by atoms with Crippen molar-refractivity contribution >= 4 is 0 Å². The first-order valence-corrected chi connectivity index (χ1v) is 3.68. The third-order valence-corrected chi connectivity index (χ3v) is 1.21. The summed E-state index contributed by atoms with van der Waals surface area (Å²) in [5.74, 6) is 0. The van der Waals surface area contributed by atoms with Crippen LogP contribution in [0.2, 0.25) is 0 Å². The maximum absolute atomic E-state index is 3.21. The van der Waals surface area contributed by atoms with Gasteiger partial charge in [0.15, 0.2) is 0 Å². The number of nitrogens with one attached hydrogen (secondary N) is 1. The Morgan fingerprint density at radius 3 is 2.10 bits per heavy atom. The van der Waals surface area contributed by atoms with Gasteiger partial charge in [-0.15, -0.1) is 0 Å². The minimum Gasteiger partial charge on any atom is -0.309 e. The predicted octanol–water partition coefficient (Wildman–Crippen LogP) is 0.00430. The van der Waals surface area contributed by atoms with E-state index in [-0.39, 0.29) is 0 Å². The fourth-order valence-electron chi connectivity index (χ4n) is 0.698. The second-order valence-corrected chi connectivity index (χ2v) is 2.96. The Morgan fingerprint density at radius 2 is 1.70 bits per heavy atom. The van der Waals surface area contributed by atoms with E-state index in [4.69, 9.17) is 0 Å². The topological polar surface area (TPSA) is 18.5 Å². The summed E-state index contributed by atoms with van der Waals surface area (Å²) >= 11 is 0. The van der Waals surface area contributed by atoms with E-state index in [0.717, 1.165) is 13.1 Å². The molecule has 62 valence electrons. The summed E-state index contributed by atoms with van der Waals surface area (Å²) in [6, 6.07) is 0. The van der Waals surface area contributed by atoms with Crippen LogP contribution >= 0.6 is 0 Å². The number of hydrogen-bond acceptors (Lipinski definition) is 3. The van der Waals surface area contributed by atoms with E-state index in [0.29, 0.717) is 0 Å². The zero-order chi connectivity index (χ0) is 7.98. The summed E-state index contributed by atoms with van der Waals surface area (Å²) < 4.78 is 0.